The third-order valence-electron chi connectivity index (χ3n) is 6.37. The predicted molar refractivity (Wildman–Crippen MR) is 109 cm³/mol. The summed E-state index contributed by atoms with van der Waals surface area (Å²) in [5.74, 6) is -1.44. The Hall–Kier alpha value is -2.57. The zero-order valence-electron chi connectivity index (χ0n) is 16.9. The van der Waals surface area contributed by atoms with Crippen molar-refractivity contribution >= 4 is 0 Å². The van der Waals surface area contributed by atoms with Gasteiger partial charge >= 0.3 is 0 Å². The summed E-state index contributed by atoms with van der Waals surface area (Å²) >= 11 is 0. The van der Waals surface area contributed by atoms with Gasteiger partial charge in [0.15, 0.2) is 0 Å². The lowest BCUT2D eigenvalue weighted by atomic mass is 9.82. The van der Waals surface area contributed by atoms with E-state index in [0.717, 1.165) is 44.3 Å². The van der Waals surface area contributed by atoms with Crippen molar-refractivity contribution in [3.8, 4) is 22.7 Å². The summed E-state index contributed by atoms with van der Waals surface area (Å²) in [6, 6.07) is 12.4. The largest absolute Gasteiger partial charge is 0.444 e. The molecular weight excluding hydrogens is 386 g/mol. The maximum Gasteiger partial charge on any atom is 0.232 e. The summed E-state index contributed by atoms with van der Waals surface area (Å²) in [4.78, 5) is 10.4. The highest BCUT2D eigenvalue weighted by Gasteiger charge is 2.53. The molecule has 0 aliphatic carbocycles. The van der Waals surface area contributed by atoms with E-state index < -0.39 is 11.6 Å². The van der Waals surface area contributed by atoms with Crippen molar-refractivity contribution in [2.24, 2.45) is 0 Å². The maximum absolute atomic E-state index is 14.0. The van der Waals surface area contributed by atoms with Crippen LogP contribution in [0.3, 0.4) is 0 Å². The number of nitrogens with zero attached hydrogens (tertiary/aromatic N) is 2. The summed E-state index contributed by atoms with van der Waals surface area (Å²) in [5.41, 5.74) is 2.34. The van der Waals surface area contributed by atoms with Crippen molar-refractivity contribution in [2.75, 3.05) is 6.61 Å². The van der Waals surface area contributed by atoms with Gasteiger partial charge in [0.2, 0.25) is 5.89 Å². The molecule has 4 nitrogen and oxygen atoms in total. The van der Waals surface area contributed by atoms with Crippen LogP contribution >= 0.6 is 0 Å². The molecule has 3 aromatic rings. The predicted octanol–water partition coefficient (Wildman–Crippen LogP) is 6.08. The molecule has 0 saturated carbocycles. The molecule has 156 valence electrons. The Morgan fingerprint density at radius 3 is 2.47 bits per heavy atom. The third-order valence-corrected chi connectivity index (χ3v) is 6.37. The second kappa shape index (κ2) is 7.60. The molecule has 3 heterocycles. The van der Waals surface area contributed by atoms with E-state index in [1.807, 2.05) is 12.1 Å². The number of oxazole rings is 1. The molecule has 2 aromatic carbocycles. The van der Waals surface area contributed by atoms with Gasteiger partial charge in [0, 0.05) is 11.6 Å². The molecule has 5 rings (SSSR count). The van der Waals surface area contributed by atoms with Crippen molar-refractivity contribution < 1.29 is 18.0 Å². The molecule has 0 spiro atoms. The fraction of sp³-hybridized carbons (Fsp3) is 0.375. The van der Waals surface area contributed by atoms with Crippen molar-refractivity contribution in [1.29, 1.82) is 0 Å². The van der Waals surface area contributed by atoms with E-state index in [0.29, 0.717) is 11.7 Å². The van der Waals surface area contributed by atoms with Gasteiger partial charge in [-0.3, -0.25) is 4.84 Å². The monoisotopic (exact) mass is 410 g/mol. The lowest BCUT2D eigenvalue weighted by Gasteiger charge is -2.34. The molecule has 0 N–H and O–H groups in total. The van der Waals surface area contributed by atoms with Gasteiger partial charge in [0.1, 0.15) is 29.2 Å². The van der Waals surface area contributed by atoms with Crippen LogP contribution in [0.5, 0.6) is 0 Å². The average molecular weight is 410 g/mol. The van der Waals surface area contributed by atoms with E-state index in [1.54, 1.807) is 0 Å². The van der Waals surface area contributed by atoms with E-state index in [9.17, 15) is 8.78 Å². The van der Waals surface area contributed by atoms with Crippen LogP contribution in [-0.2, 0) is 10.4 Å². The van der Waals surface area contributed by atoms with Gasteiger partial charge in [-0.05, 0) is 49.8 Å². The van der Waals surface area contributed by atoms with Crippen molar-refractivity contribution in [3.05, 3.63) is 65.9 Å². The Labute approximate surface area is 174 Å². The van der Waals surface area contributed by atoms with E-state index in [-0.39, 0.29) is 17.0 Å². The summed E-state index contributed by atoms with van der Waals surface area (Å²) in [6.07, 6.45) is 6.95. The Balaban J connectivity index is 1.42. The van der Waals surface area contributed by atoms with Crippen molar-refractivity contribution in [2.45, 2.75) is 50.6 Å². The Kier molecular flexibility index (Phi) is 4.91. The van der Waals surface area contributed by atoms with Crippen LogP contribution in [0.4, 0.5) is 8.78 Å². The van der Waals surface area contributed by atoms with Crippen LogP contribution in [0.15, 0.2) is 53.1 Å². The molecule has 2 aliphatic heterocycles. The molecule has 2 bridgehead atoms. The summed E-state index contributed by atoms with van der Waals surface area (Å²) in [7, 11) is 0. The molecule has 2 saturated heterocycles. The van der Waals surface area contributed by atoms with Gasteiger partial charge in [0.25, 0.3) is 0 Å². The van der Waals surface area contributed by atoms with Gasteiger partial charge in [-0.25, -0.2) is 13.8 Å². The summed E-state index contributed by atoms with van der Waals surface area (Å²) in [5, 5.41) is 2.24. The normalized spacial score (nSPS) is 23.4. The van der Waals surface area contributed by atoms with Crippen LogP contribution in [0.1, 0.15) is 44.6 Å². The highest BCUT2D eigenvalue weighted by Crippen LogP contribution is 2.53. The van der Waals surface area contributed by atoms with Gasteiger partial charge in [0.05, 0.1) is 12.1 Å². The van der Waals surface area contributed by atoms with E-state index >= 15 is 0 Å². The molecule has 6 heteroatoms. The number of halogens is 2. The van der Waals surface area contributed by atoms with Crippen LogP contribution in [0, 0.1) is 11.6 Å². The number of hydrogen-bond donors (Lipinski definition) is 0. The molecule has 2 fully saturated rings. The summed E-state index contributed by atoms with van der Waals surface area (Å²) in [6.45, 7) is 2.86. The average Bonchev–Trinajstić information content (AvgIpc) is 3.47. The van der Waals surface area contributed by atoms with E-state index in [2.05, 4.69) is 29.1 Å². The fourth-order valence-corrected chi connectivity index (χ4v) is 4.89. The highest BCUT2D eigenvalue weighted by molar-refractivity contribution is 5.64. The van der Waals surface area contributed by atoms with Crippen LogP contribution < -0.4 is 0 Å². The number of aromatic nitrogens is 1. The van der Waals surface area contributed by atoms with Crippen LogP contribution in [-0.4, -0.2) is 22.7 Å². The zero-order chi connectivity index (χ0) is 20.7. The number of fused-ring (bicyclic) bond motifs is 2. The Bertz CT molecular complexity index is 1020. The standard InChI is InChI=1S/C24H24F2N2O2/c1-2-14-30-28-18-10-12-24(28,13-11-18)17-8-6-16(7-9-17)21-15-29-23(27-21)22-19(25)4-3-5-20(22)26/h3-9,15,18H,2,10-14H2,1H3. The molecular formula is C24H24F2N2O2. The lowest BCUT2D eigenvalue weighted by molar-refractivity contribution is -0.208. The summed E-state index contributed by atoms with van der Waals surface area (Å²) < 4.78 is 33.4. The minimum atomic E-state index is -0.693. The molecule has 0 amide bonds. The maximum atomic E-state index is 14.0. The molecule has 0 radical (unpaired) electrons. The smallest absolute Gasteiger partial charge is 0.232 e. The first-order valence-corrected chi connectivity index (χ1v) is 10.6. The third kappa shape index (κ3) is 3.06. The second-order valence-corrected chi connectivity index (χ2v) is 8.13. The van der Waals surface area contributed by atoms with Gasteiger partial charge in [-0.2, -0.15) is 5.06 Å². The Morgan fingerprint density at radius 1 is 1.10 bits per heavy atom. The van der Waals surface area contributed by atoms with Crippen molar-refractivity contribution in [1.82, 2.24) is 10.0 Å². The Morgan fingerprint density at radius 2 is 1.80 bits per heavy atom. The lowest BCUT2D eigenvalue weighted by Crippen LogP contribution is -2.38. The number of hydroxylamine groups is 2. The van der Waals surface area contributed by atoms with Gasteiger partial charge in [-0.15, -0.1) is 0 Å². The minimum Gasteiger partial charge on any atom is -0.444 e. The second-order valence-electron chi connectivity index (χ2n) is 8.13. The first-order chi connectivity index (χ1) is 14.6. The van der Waals surface area contributed by atoms with Gasteiger partial charge in [-0.1, -0.05) is 37.3 Å². The van der Waals surface area contributed by atoms with Crippen LogP contribution in [0.2, 0.25) is 0 Å². The van der Waals surface area contributed by atoms with Gasteiger partial charge < -0.3 is 4.42 Å². The van der Waals surface area contributed by atoms with E-state index in [4.69, 9.17) is 9.25 Å². The number of hydrogen-bond acceptors (Lipinski definition) is 4. The molecule has 0 unspecified atom stereocenters. The quantitative estimate of drug-likeness (QED) is 0.493. The molecule has 2 aliphatic rings. The molecule has 0 atom stereocenters. The fourth-order valence-electron chi connectivity index (χ4n) is 4.89. The zero-order valence-corrected chi connectivity index (χ0v) is 16.9. The first kappa shape index (κ1) is 19.4. The number of rotatable bonds is 6. The molecule has 1 aromatic heterocycles. The highest BCUT2D eigenvalue weighted by atomic mass is 19.1. The minimum absolute atomic E-state index is 0.0519. The SMILES string of the molecule is CCCON1C2CCC1(c1ccc(-c3coc(-c4c(F)cccc4F)n3)cc1)CC2. The van der Waals surface area contributed by atoms with Crippen molar-refractivity contribution in [3.63, 3.8) is 0 Å². The topological polar surface area (TPSA) is 38.5 Å². The first-order valence-electron chi connectivity index (χ1n) is 10.6. The van der Waals surface area contributed by atoms with E-state index in [1.165, 1.54) is 30.0 Å². The van der Waals surface area contributed by atoms with Crippen LogP contribution in [0.25, 0.3) is 22.7 Å². The molecule has 30 heavy (non-hydrogen) atoms. The number of benzene rings is 2.